The normalized spacial score (nSPS) is 11.3. The van der Waals surface area contributed by atoms with Crippen molar-refractivity contribution in [1.82, 2.24) is 10.3 Å². The van der Waals surface area contributed by atoms with E-state index in [2.05, 4.69) is 10.3 Å². The van der Waals surface area contributed by atoms with E-state index in [1.165, 1.54) is 6.07 Å². The average Bonchev–Trinajstić information content (AvgIpc) is 2.36. The minimum absolute atomic E-state index is 0.0414. The molecule has 6 nitrogen and oxygen atoms in total. The van der Waals surface area contributed by atoms with Crippen molar-refractivity contribution in [2.75, 3.05) is 13.2 Å². The number of amides is 1. The van der Waals surface area contributed by atoms with Crippen LogP contribution in [0.1, 0.15) is 29.4 Å². The molecule has 1 heterocycles. The second-order valence-corrected chi connectivity index (χ2v) is 4.29. The molecule has 0 unspecified atom stereocenters. The van der Waals surface area contributed by atoms with Gasteiger partial charge in [-0.3, -0.25) is 9.59 Å². The Balaban J connectivity index is 2.98. The number of aromatic nitrogens is 1. The number of nitrogens with one attached hydrogen (secondary N) is 2. The standard InChI is InChI=1S/C12H18N2O4/c1-3-12(6-15,7-16)14-11(18)9-5-4-8(2)13-10(9)17/h4-5,15-16H,3,6-7H2,1-2H3,(H,13,17)(H,14,18). The first kappa shape index (κ1) is 14.4. The van der Waals surface area contributed by atoms with Gasteiger partial charge in [0, 0.05) is 5.69 Å². The summed E-state index contributed by atoms with van der Waals surface area (Å²) in [5, 5.41) is 20.9. The third kappa shape index (κ3) is 2.96. The fourth-order valence-electron chi connectivity index (χ4n) is 1.50. The molecule has 0 fully saturated rings. The van der Waals surface area contributed by atoms with Crippen LogP contribution in [0, 0.1) is 6.92 Å². The predicted molar refractivity (Wildman–Crippen MR) is 66.5 cm³/mol. The van der Waals surface area contributed by atoms with E-state index in [0.29, 0.717) is 12.1 Å². The van der Waals surface area contributed by atoms with Crippen molar-refractivity contribution in [2.24, 2.45) is 0 Å². The first-order chi connectivity index (χ1) is 8.48. The highest BCUT2D eigenvalue weighted by Gasteiger charge is 2.29. The number of H-pyrrole nitrogens is 1. The number of aromatic amines is 1. The molecule has 1 amide bonds. The molecule has 0 radical (unpaired) electrons. The van der Waals surface area contributed by atoms with E-state index in [4.69, 9.17) is 0 Å². The zero-order valence-electron chi connectivity index (χ0n) is 10.5. The molecule has 0 saturated heterocycles. The molecule has 0 spiro atoms. The molecule has 18 heavy (non-hydrogen) atoms. The maximum Gasteiger partial charge on any atom is 0.260 e. The zero-order valence-corrected chi connectivity index (χ0v) is 10.5. The summed E-state index contributed by atoms with van der Waals surface area (Å²) in [6.45, 7) is 2.65. The van der Waals surface area contributed by atoms with Gasteiger partial charge in [-0.05, 0) is 25.5 Å². The van der Waals surface area contributed by atoms with Gasteiger partial charge in [-0.15, -0.1) is 0 Å². The van der Waals surface area contributed by atoms with Crippen molar-refractivity contribution in [3.8, 4) is 0 Å². The van der Waals surface area contributed by atoms with E-state index in [1.807, 2.05) is 0 Å². The van der Waals surface area contributed by atoms with Gasteiger partial charge in [-0.2, -0.15) is 0 Å². The second kappa shape index (κ2) is 5.79. The molecule has 4 N–H and O–H groups in total. The minimum Gasteiger partial charge on any atom is -0.394 e. The predicted octanol–water partition coefficient (Wildman–Crippen LogP) is -0.453. The third-order valence-corrected chi connectivity index (χ3v) is 2.96. The highest BCUT2D eigenvalue weighted by Crippen LogP contribution is 2.09. The first-order valence-electron chi connectivity index (χ1n) is 5.72. The Morgan fingerprint density at radius 2 is 2.00 bits per heavy atom. The topological polar surface area (TPSA) is 102 Å². The molecule has 1 rings (SSSR count). The van der Waals surface area contributed by atoms with Crippen LogP contribution in [0.3, 0.4) is 0 Å². The van der Waals surface area contributed by atoms with Crippen molar-refractivity contribution in [3.63, 3.8) is 0 Å². The number of aliphatic hydroxyl groups is 2. The molecule has 0 aliphatic heterocycles. The van der Waals surface area contributed by atoms with E-state index in [0.717, 1.165) is 0 Å². The lowest BCUT2D eigenvalue weighted by atomic mass is 9.98. The number of aryl methyl sites for hydroxylation is 1. The van der Waals surface area contributed by atoms with Gasteiger partial charge in [-0.1, -0.05) is 6.92 Å². The Kier molecular flexibility index (Phi) is 4.63. The van der Waals surface area contributed by atoms with Gasteiger partial charge >= 0.3 is 0 Å². The van der Waals surface area contributed by atoms with Crippen molar-refractivity contribution in [2.45, 2.75) is 25.8 Å². The highest BCUT2D eigenvalue weighted by atomic mass is 16.3. The molecule has 6 heteroatoms. The molecule has 1 aromatic heterocycles. The number of carbonyl (C=O) groups is 1. The fraction of sp³-hybridized carbons (Fsp3) is 0.500. The largest absolute Gasteiger partial charge is 0.394 e. The van der Waals surface area contributed by atoms with Crippen LogP contribution in [0.25, 0.3) is 0 Å². The zero-order chi connectivity index (χ0) is 13.8. The molecule has 0 bridgehead atoms. The van der Waals surface area contributed by atoms with Gasteiger partial charge in [0.1, 0.15) is 5.56 Å². The molecule has 0 aliphatic rings. The summed E-state index contributed by atoms with van der Waals surface area (Å²) in [5.41, 5.74) is -0.981. The summed E-state index contributed by atoms with van der Waals surface area (Å²) < 4.78 is 0. The van der Waals surface area contributed by atoms with Crippen molar-refractivity contribution >= 4 is 5.91 Å². The van der Waals surface area contributed by atoms with Crippen molar-refractivity contribution in [1.29, 1.82) is 0 Å². The maximum atomic E-state index is 11.9. The summed E-state index contributed by atoms with van der Waals surface area (Å²) in [5.74, 6) is -0.610. The smallest absolute Gasteiger partial charge is 0.260 e. The van der Waals surface area contributed by atoms with Gasteiger partial charge in [0.05, 0.1) is 18.8 Å². The van der Waals surface area contributed by atoms with Gasteiger partial charge in [0.25, 0.3) is 11.5 Å². The molecular weight excluding hydrogens is 236 g/mol. The number of carbonyl (C=O) groups excluding carboxylic acids is 1. The lowest BCUT2D eigenvalue weighted by Gasteiger charge is -2.29. The summed E-state index contributed by atoms with van der Waals surface area (Å²) in [6.07, 6.45) is 0.357. The lowest BCUT2D eigenvalue weighted by molar-refractivity contribution is 0.0651. The van der Waals surface area contributed by atoms with E-state index >= 15 is 0 Å². The van der Waals surface area contributed by atoms with Crippen LogP contribution < -0.4 is 10.9 Å². The van der Waals surface area contributed by atoms with Gasteiger partial charge in [-0.25, -0.2) is 0 Å². The summed E-state index contributed by atoms with van der Waals surface area (Å²) >= 11 is 0. The van der Waals surface area contributed by atoms with Crippen LogP contribution in [-0.4, -0.2) is 39.9 Å². The minimum atomic E-state index is -1.10. The molecule has 0 aromatic carbocycles. The van der Waals surface area contributed by atoms with Crippen LogP contribution in [0.15, 0.2) is 16.9 Å². The lowest BCUT2D eigenvalue weighted by Crippen LogP contribution is -2.54. The van der Waals surface area contributed by atoms with Gasteiger partial charge in [0.15, 0.2) is 0 Å². The number of aliphatic hydroxyl groups excluding tert-OH is 2. The van der Waals surface area contributed by atoms with Crippen molar-refractivity contribution in [3.05, 3.63) is 33.7 Å². The Morgan fingerprint density at radius 1 is 1.39 bits per heavy atom. The van der Waals surface area contributed by atoms with E-state index in [1.54, 1.807) is 19.9 Å². The Hall–Kier alpha value is -1.66. The van der Waals surface area contributed by atoms with Crippen molar-refractivity contribution < 1.29 is 15.0 Å². The average molecular weight is 254 g/mol. The molecule has 100 valence electrons. The molecule has 0 atom stereocenters. The van der Waals surface area contributed by atoms with E-state index in [9.17, 15) is 19.8 Å². The Bertz CT molecular complexity index is 469. The van der Waals surface area contributed by atoms with Crippen LogP contribution in [-0.2, 0) is 0 Å². The molecule has 1 aromatic rings. The maximum absolute atomic E-state index is 11.9. The summed E-state index contributed by atoms with van der Waals surface area (Å²) in [6, 6.07) is 3.03. The third-order valence-electron chi connectivity index (χ3n) is 2.96. The summed E-state index contributed by atoms with van der Waals surface area (Å²) in [4.78, 5) is 26.0. The Labute approximate surface area is 105 Å². The number of pyridine rings is 1. The quantitative estimate of drug-likeness (QED) is 0.571. The second-order valence-electron chi connectivity index (χ2n) is 4.29. The fourth-order valence-corrected chi connectivity index (χ4v) is 1.50. The molecular formula is C12H18N2O4. The van der Waals surface area contributed by atoms with E-state index < -0.39 is 30.2 Å². The SMILES string of the molecule is CCC(CO)(CO)NC(=O)c1ccc(C)[nH]c1=O. The number of hydrogen-bond donors (Lipinski definition) is 4. The van der Waals surface area contributed by atoms with Crippen LogP contribution in [0.2, 0.25) is 0 Å². The molecule has 0 aliphatic carbocycles. The van der Waals surface area contributed by atoms with Crippen LogP contribution >= 0.6 is 0 Å². The van der Waals surface area contributed by atoms with Crippen LogP contribution in [0.4, 0.5) is 0 Å². The first-order valence-corrected chi connectivity index (χ1v) is 5.72. The number of rotatable bonds is 5. The Morgan fingerprint density at radius 3 is 2.44 bits per heavy atom. The van der Waals surface area contributed by atoms with Gasteiger partial charge in [0.2, 0.25) is 0 Å². The molecule has 0 saturated carbocycles. The van der Waals surface area contributed by atoms with Gasteiger partial charge < -0.3 is 20.5 Å². The monoisotopic (exact) mass is 254 g/mol. The highest BCUT2D eigenvalue weighted by molar-refractivity contribution is 5.94. The van der Waals surface area contributed by atoms with E-state index in [-0.39, 0.29) is 5.56 Å². The van der Waals surface area contributed by atoms with Crippen LogP contribution in [0.5, 0.6) is 0 Å². The number of hydrogen-bond acceptors (Lipinski definition) is 4. The summed E-state index contributed by atoms with van der Waals surface area (Å²) in [7, 11) is 0.